The van der Waals surface area contributed by atoms with Crippen LogP contribution < -0.4 is 10.2 Å². The fraction of sp³-hybridized carbons (Fsp3) is 0.125. The minimum Gasteiger partial charge on any atom is -0.489 e. The van der Waals surface area contributed by atoms with Crippen LogP contribution in [-0.4, -0.2) is 14.9 Å². The second-order valence-electron chi connectivity index (χ2n) is 4.87. The predicted molar refractivity (Wildman–Crippen MR) is 90.3 cm³/mol. The summed E-state index contributed by atoms with van der Waals surface area (Å²) >= 11 is 12.0. The van der Waals surface area contributed by atoms with Gasteiger partial charge in [-0.3, -0.25) is 0 Å². The third-order valence-electron chi connectivity index (χ3n) is 3.22. The zero-order valence-corrected chi connectivity index (χ0v) is 13.6. The Bertz CT molecular complexity index is 760. The van der Waals surface area contributed by atoms with E-state index in [9.17, 15) is 0 Å². The smallest absolute Gasteiger partial charge is 0.138 e. The van der Waals surface area contributed by atoms with E-state index >= 15 is 0 Å². The number of rotatable bonds is 6. The van der Waals surface area contributed by atoms with E-state index in [1.807, 2.05) is 30.3 Å². The molecule has 0 saturated carbocycles. The highest BCUT2D eigenvalue weighted by Crippen LogP contribution is 2.22. The molecule has 0 saturated heterocycles. The Hall–Kier alpha value is -2.24. The Morgan fingerprint density at radius 2 is 1.74 bits per heavy atom. The standard InChI is InChI=1S/C16H14Cl2N4O/c17-14-4-3-13(16(18)7-14)9-23-15-5-1-12(2-6-15)8-21-22-10-19-20-11-22/h1-7,10-11,21H,8-9H2. The third kappa shape index (κ3) is 4.37. The van der Waals surface area contributed by atoms with E-state index in [1.165, 1.54) is 0 Å². The van der Waals surface area contributed by atoms with Crippen molar-refractivity contribution >= 4 is 23.2 Å². The van der Waals surface area contributed by atoms with E-state index in [1.54, 1.807) is 29.5 Å². The molecule has 2 aromatic carbocycles. The summed E-state index contributed by atoms with van der Waals surface area (Å²) in [5.41, 5.74) is 5.17. The van der Waals surface area contributed by atoms with Gasteiger partial charge in [0.25, 0.3) is 0 Å². The number of nitrogens with one attached hydrogen (secondary N) is 1. The molecule has 7 heteroatoms. The van der Waals surface area contributed by atoms with Crippen LogP contribution in [-0.2, 0) is 13.2 Å². The lowest BCUT2D eigenvalue weighted by Crippen LogP contribution is -2.11. The zero-order chi connectivity index (χ0) is 16.1. The molecule has 0 aliphatic carbocycles. The first kappa shape index (κ1) is 15.6. The fourth-order valence-corrected chi connectivity index (χ4v) is 2.43. The first-order valence-electron chi connectivity index (χ1n) is 6.95. The fourth-order valence-electron chi connectivity index (χ4n) is 1.97. The molecule has 1 heterocycles. The quantitative estimate of drug-likeness (QED) is 0.733. The van der Waals surface area contributed by atoms with Crippen molar-refractivity contribution in [2.75, 3.05) is 5.43 Å². The van der Waals surface area contributed by atoms with Crippen LogP contribution in [0.15, 0.2) is 55.1 Å². The summed E-state index contributed by atoms with van der Waals surface area (Å²) in [6.07, 6.45) is 3.21. The largest absolute Gasteiger partial charge is 0.489 e. The van der Waals surface area contributed by atoms with E-state index in [4.69, 9.17) is 27.9 Å². The number of nitrogens with zero attached hydrogens (tertiary/aromatic N) is 3. The van der Waals surface area contributed by atoms with Gasteiger partial charge >= 0.3 is 0 Å². The average molecular weight is 349 g/mol. The Labute approximate surface area is 143 Å². The first-order valence-corrected chi connectivity index (χ1v) is 7.70. The summed E-state index contributed by atoms with van der Waals surface area (Å²) < 4.78 is 7.45. The minimum atomic E-state index is 0.397. The van der Waals surface area contributed by atoms with Crippen molar-refractivity contribution in [3.63, 3.8) is 0 Å². The summed E-state index contributed by atoms with van der Waals surface area (Å²) in [6.45, 7) is 1.07. The molecule has 5 nitrogen and oxygen atoms in total. The predicted octanol–water partition coefficient (Wildman–Crippen LogP) is 3.91. The molecule has 0 aliphatic rings. The van der Waals surface area contributed by atoms with Crippen molar-refractivity contribution in [2.24, 2.45) is 0 Å². The van der Waals surface area contributed by atoms with Crippen LogP contribution in [0.3, 0.4) is 0 Å². The number of hydrogen-bond acceptors (Lipinski definition) is 4. The Balaban J connectivity index is 1.54. The average Bonchev–Trinajstić information content (AvgIpc) is 3.07. The van der Waals surface area contributed by atoms with E-state index in [0.717, 1.165) is 16.9 Å². The summed E-state index contributed by atoms with van der Waals surface area (Å²) in [7, 11) is 0. The molecule has 0 bridgehead atoms. The van der Waals surface area contributed by atoms with Gasteiger partial charge < -0.3 is 10.2 Å². The van der Waals surface area contributed by atoms with Gasteiger partial charge in [0.1, 0.15) is 25.0 Å². The van der Waals surface area contributed by atoms with Crippen LogP contribution in [0.5, 0.6) is 5.75 Å². The van der Waals surface area contributed by atoms with Crippen molar-refractivity contribution in [3.05, 3.63) is 76.3 Å². The molecule has 0 atom stereocenters. The van der Waals surface area contributed by atoms with E-state index in [-0.39, 0.29) is 0 Å². The van der Waals surface area contributed by atoms with E-state index < -0.39 is 0 Å². The molecule has 0 fully saturated rings. The van der Waals surface area contributed by atoms with Crippen molar-refractivity contribution in [3.8, 4) is 5.75 Å². The van der Waals surface area contributed by atoms with Gasteiger partial charge in [0.05, 0.1) is 6.54 Å². The van der Waals surface area contributed by atoms with Crippen LogP contribution in [0.2, 0.25) is 10.0 Å². The maximum atomic E-state index is 6.13. The first-order chi connectivity index (χ1) is 11.2. The van der Waals surface area contributed by atoms with Crippen molar-refractivity contribution < 1.29 is 4.74 Å². The van der Waals surface area contributed by atoms with Gasteiger partial charge in [-0.25, -0.2) is 4.68 Å². The highest BCUT2D eigenvalue weighted by atomic mass is 35.5. The lowest BCUT2D eigenvalue weighted by atomic mass is 10.2. The second kappa shape index (κ2) is 7.35. The topological polar surface area (TPSA) is 52.0 Å². The Kier molecular flexibility index (Phi) is 5.00. The number of halogens is 2. The normalized spacial score (nSPS) is 10.5. The van der Waals surface area contributed by atoms with Gasteiger partial charge in [-0.1, -0.05) is 41.4 Å². The van der Waals surface area contributed by atoms with E-state index in [2.05, 4.69) is 15.6 Å². The molecular weight excluding hydrogens is 335 g/mol. The van der Waals surface area contributed by atoms with Crippen molar-refractivity contribution in [2.45, 2.75) is 13.2 Å². The van der Waals surface area contributed by atoms with Crippen LogP contribution >= 0.6 is 23.2 Å². The monoisotopic (exact) mass is 348 g/mol. The van der Waals surface area contributed by atoms with Gasteiger partial charge in [0.2, 0.25) is 0 Å². The van der Waals surface area contributed by atoms with Crippen molar-refractivity contribution in [1.29, 1.82) is 0 Å². The molecule has 3 aromatic rings. The lowest BCUT2D eigenvalue weighted by molar-refractivity contribution is 0.306. The maximum Gasteiger partial charge on any atom is 0.138 e. The number of ether oxygens (including phenoxy) is 1. The summed E-state index contributed by atoms with van der Waals surface area (Å²) in [4.78, 5) is 0. The molecule has 0 aliphatic heterocycles. The number of aromatic nitrogens is 3. The van der Waals surface area contributed by atoms with Gasteiger partial charge in [0, 0.05) is 15.6 Å². The molecule has 3 rings (SSSR count). The Morgan fingerprint density at radius 3 is 2.43 bits per heavy atom. The molecule has 0 unspecified atom stereocenters. The van der Waals surface area contributed by atoms with Gasteiger partial charge in [-0.05, 0) is 29.8 Å². The molecule has 23 heavy (non-hydrogen) atoms. The summed E-state index contributed by atoms with van der Waals surface area (Å²) in [5, 5.41) is 8.67. The van der Waals surface area contributed by atoms with Gasteiger partial charge in [0.15, 0.2) is 0 Å². The van der Waals surface area contributed by atoms with Crippen LogP contribution in [0.1, 0.15) is 11.1 Å². The van der Waals surface area contributed by atoms with Crippen LogP contribution in [0, 0.1) is 0 Å². The molecular formula is C16H14Cl2N4O. The van der Waals surface area contributed by atoms with Crippen LogP contribution in [0.25, 0.3) is 0 Å². The van der Waals surface area contributed by atoms with Gasteiger partial charge in [-0.2, -0.15) is 0 Å². The second-order valence-corrected chi connectivity index (χ2v) is 5.72. The summed E-state index contributed by atoms with van der Waals surface area (Å²) in [6, 6.07) is 13.2. The highest BCUT2D eigenvalue weighted by Gasteiger charge is 2.03. The Morgan fingerprint density at radius 1 is 1.00 bits per heavy atom. The minimum absolute atomic E-state index is 0.397. The maximum absolute atomic E-state index is 6.13. The van der Waals surface area contributed by atoms with Gasteiger partial charge in [-0.15, -0.1) is 10.2 Å². The molecule has 0 amide bonds. The molecule has 0 radical (unpaired) electrons. The SMILES string of the molecule is Clc1ccc(COc2ccc(CNn3cnnc3)cc2)c(Cl)c1. The summed E-state index contributed by atoms with van der Waals surface area (Å²) in [5.74, 6) is 0.782. The molecule has 1 aromatic heterocycles. The number of benzene rings is 2. The van der Waals surface area contributed by atoms with Crippen LogP contribution in [0.4, 0.5) is 0 Å². The lowest BCUT2D eigenvalue weighted by Gasteiger charge is -2.10. The van der Waals surface area contributed by atoms with E-state index in [0.29, 0.717) is 23.2 Å². The molecule has 1 N–H and O–H groups in total. The molecule has 118 valence electrons. The highest BCUT2D eigenvalue weighted by molar-refractivity contribution is 6.35. The number of hydrogen-bond donors (Lipinski definition) is 1. The molecule has 0 spiro atoms. The third-order valence-corrected chi connectivity index (χ3v) is 3.80. The van der Waals surface area contributed by atoms with Crippen molar-refractivity contribution in [1.82, 2.24) is 14.9 Å². The zero-order valence-electron chi connectivity index (χ0n) is 12.1.